The monoisotopic (exact) mass is 632 g/mol. The number of carboxylic acids is 1. The molecule has 46 heavy (non-hydrogen) atoms. The first-order valence-corrected chi connectivity index (χ1v) is 12.8. The van der Waals surface area contributed by atoms with E-state index in [9.17, 15) is 28.8 Å². The van der Waals surface area contributed by atoms with Gasteiger partial charge in [0.2, 0.25) is 0 Å². The molecule has 1 N–H and O–H groups in total. The number of rotatable bonds is 7. The van der Waals surface area contributed by atoms with Gasteiger partial charge in [0.25, 0.3) is 0 Å². The summed E-state index contributed by atoms with van der Waals surface area (Å²) >= 11 is 0. The summed E-state index contributed by atoms with van der Waals surface area (Å²) in [5.74, 6) is -1.84. The van der Waals surface area contributed by atoms with Gasteiger partial charge in [0.15, 0.2) is 0 Å². The molecule has 0 saturated heterocycles. The van der Waals surface area contributed by atoms with Gasteiger partial charge in [-0.2, -0.15) is 0 Å². The molecule has 0 aliphatic heterocycles. The minimum atomic E-state index is -1.07. The highest BCUT2D eigenvalue weighted by Gasteiger charge is 2.13. The van der Waals surface area contributed by atoms with E-state index in [4.69, 9.17) is 14.6 Å². The predicted molar refractivity (Wildman–Crippen MR) is 167 cm³/mol. The number of hydrogen-bond acceptors (Lipinski definition) is 11. The van der Waals surface area contributed by atoms with Gasteiger partial charge in [0.05, 0.1) is 0 Å². The lowest BCUT2D eigenvalue weighted by atomic mass is 10.3. The van der Waals surface area contributed by atoms with Crippen LogP contribution in [-0.2, 0) is 28.7 Å². The minimum Gasteiger partial charge on any atom is -0.478 e. The molecule has 0 aliphatic rings. The standard InChI is InChI=1S/C11H10O4.C10H8O4.C9H8O2.C4H6O2/c1-8(2)10(12)15-11(13)14-9-6-4-3-5-7-9;1-2-9(11)14-10(12)13-8-6-4-3-5-7-8;1-2-9(10)11-8-6-4-3-5-7-8;1-3(2)4(5)6/h3-7H,1H2,2H3;2-7H,1H2;2-7H,1H2;1H2,2H3,(H,5,6). The number of benzene rings is 3. The molecule has 0 amide bonds. The van der Waals surface area contributed by atoms with Gasteiger partial charge in [-0.05, 0) is 50.2 Å². The molecule has 0 fully saturated rings. The highest BCUT2D eigenvalue weighted by Crippen LogP contribution is 2.10. The van der Waals surface area contributed by atoms with Crippen molar-refractivity contribution in [3.63, 3.8) is 0 Å². The Morgan fingerprint density at radius 3 is 1.17 bits per heavy atom. The van der Waals surface area contributed by atoms with Crippen molar-refractivity contribution < 1.29 is 57.6 Å². The Morgan fingerprint density at radius 1 is 0.543 bits per heavy atom. The van der Waals surface area contributed by atoms with E-state index >= 15 is 0 Å². The average molecular weight is 633 g/mol. The van der Waals surface area contributed by atoms with Crippen LogP contribution in [0.5, 0.6) is 17.2 Å². The molecule has 0 saturated carbocycles. The number of carbonyl (C=O) groups excluding carboxylic acids is 5. The molecule has 3 aromatic rings. The molecule has 0 spiro atoms. The molecule has 240 valence electrons. The van der Waals surface area contributed by atoms with Crippen LogP contribution < -0.4 is 14.2 Å². The van der Waals surface area contributed by atoms with E-state index in [0.29, 0.717) is 17.2 Å². The summed E-state index contributed by atoms with van der Waals surface area (Å²) in [6, 6.07) is 25.5. The van der Waals surface area contributed by atoms with Gasteiger partial charge in [-0.25, -0.2) is 28.8 Å². The maximum atomic E-state index is 11.0. The Labute approximate surface area is 265 Å². The summed E-state index contributed by atoms with van der Waals surface area (Å²) in [5, 5.41) is 7.89. The summed E-state index contributed by atoms with van der Waals surface area (Å²) in [6.07, 6.45) is -0.116. The van der Waals surface area contributed by atoms with Gasteiger partial charge < -0.3 is 28.8 Å². The van der Waals surface area contributed by atoms with Crippen LogP contribution in [0.15, 0.2) is 141 Å². The van der Waals surface area contributed by atoms with Crippen LogP contribution in [0.4, 0.5) is 9.59 Å². The van der Waals surface area contributed by atoms with Gasteiger partial charge >= 0.3 is 36.2 Å². The van der Waals surface area contributed by atoms with Gasteiger partial charge in [-0.15, -0.1) is 0 Å². The van der Waals surface area contributed by atoms with Crippen LogP contribution in [-0.4, -0.2) is 41.3 Å². The third-order valence-electron chi connectivity index (χ3n) is 4.26. The first-order valence-electron chi connectivity index (χ1n) is 12.8. The van der Waals surface area contributed by atoms with Crippen LogP contribution >= 0.6 is 0 Å². The van der Waals surface area contributed by atoms with Crippen LogP contribution in [0.3, 0.4) is 0 Å². The Bertz CT molecular complexity index is 1480. The summed E-state index contributed by atoms with van der Waals surface area (Å²) in [5.41, 5.74) is 0.315. The quantitative estimate of drug-likeness (QED) is 0.0970. The van der Waals surface area contributed by atoms with E-state index in [-0.39, 0.29) is 11.1 Å². The number of hydrogen-bond donors (Lipinski definition) is 1. The number of aliphatic carboxylic acids is 1. The summed E-state index contributed by atoms with van der Waals surface area (Å²) in [7, 11) is 0. The van der Waals surface area contributed by atoms with Gasteiger partial charge in [0, 0.05) is 23.3 Å². The maximum Gasteiger partial charge on any atom is 0.521 e. The average Bonchev–Trinajstić information content (AvgIpc) is 3.03. The van der Waals surface area contributed by atoms with Crippen molar-refractivity contribution in [1.29, 1.82) is 0 Å². The lowest BCUT2D eigenvalue weighted by molar-refractivity contribution is -0.135. The zero-order valence-electron chi connectivity index (χ0n) is 25.1. The molecule has 12 heteroatoms. The second-order valence-electron chi connectivity index (χ2n) is 8.15. The van der Waals surface area contributed by atoms with Crippen molar-refractivity contribution in [3.8, 4) is 17.2 Å². The Balaban J connectivity index is 0.000000612. The first-order chi connectivity index (χ1) is 21.8. The highest BCUT2D eigenvalue weighted by atomic mass is 16.7. The largest absolute Gasteiger partial charge is 0.521 e. The van der Waals surface area contributed by atoms with Crippen LogP contribution in [0.25, 0.3) is 0 Å². The van der Waals surface area contributed by atoms with Crippen LogP contribution in [0.2, 0.25) is 0 Å². The second kappa shape index (κ2) is 23.0. The molecule has 0 atom stereocenters. The van der Waals surface area contributed by atoms with E-state index in [1.807, 2.05) is 6.07 Å². The topological polar surface area (TPSA) is 169 Å². The molecule has 12 nitrogen and oxygen atoms in total. The predicted octanol–water partition coefficient (Wildman–Crippen LogP) is 6.64. The minimum absolute atomic E-state index is 0.139. The van der Waals surface area contributed by atoms with Crippen LogP contribution in [0.1, 0.15) is 13.8 Å². The molecule has 0 bridgehead atoms. The molecular weight excluding hydrogens is 600 g/mol. The van der Waals surface area contributed by atoms with E-state index in [2.05, 4.69) is 40.5 Å². The Kier molecular flexibility index (Phi) is 19.7. The van der Waals surface area contributed by atoms with Crippen molar-refractivity contribution >= 4 is 36.2 Å². The third-order valence-corrected chi connectivity index (χ3v) is 4.26. The van der Waals surface area contributed by atoms with E-state index in [0.717, 1.165) is 12.2 Å². The maximum absolute atomic E-state index is 11.0. The fourth-order valence-corrected chi connectivity index (χ4v) is 2.14. The molecule has 0 heterocycles. The van der Waals surface area contributed by atoms with Gasteiger partial charge in [0.1, 0.15) is 17.2 Å². The lowest BCUT2D eigenvalue weighted by Gasteiger charge is -2.03. The lowest BCUT2D eigenvalue weighted by Crippen LogP contribution is -2.16. The van der Waals surface area contributed by atoms with E-state index < -0.39 is 36.2 Å². The zero-order chi connectivity index (χ0) is 34.9. The smallest absolute Gasteiger partial charge is 0.478 e. The Hall–Kier alpha value is -6.56. The normalized spacial score (nSPS) is 8.74. The van der Waals surface area contributed by atoms with Crippen molar-refractivity contribution in [2.45, 2.75) is 13.8 Å². The number of carboxylic acid groups (broad SMARTS) is 1. The number of carbonyl (C=O) groups is 6. The summed E-state index contributed by atoms with van der Waals surface area (Å²) in [6.45, 7) is 15.8. The fraction of sp³-hybridized carbons (Fsp3) is 0.0588. The summed E-state index contributed by atoms with van der Waals surface area (Å²) in [4.78, 5) is 63.6. The van der Waals surface area contributed by atoms with Gasteiger partial charge in [-0.3, -0.25) is 0 Å². The SMILES string of the molecule is C=C(C)C(=O)O.C=C(C)C(=O)OC(=O)Oc1ccccc1.C=CC(=O)OC(=O)Oc1ccccc1.C=CC(=O)Oc1ccccc1. The fourth-order valence-electron chi connectivity index (χ4n) is 2.14. The zero-order valence-corrected chi connectivity index (χ0v) is 25.1. The molecular formula is C34H32O12. The molecule has 3 aromatic carbocycles. The number of ether oxygens (including phenoxy) is 5. The van der Waals surface area contributed by atoms with Crippen molar-refractivity contribution in [2.75, 3.05) is 0 Å². The van der Waals surface area contributed by atoms with Crippen molar-refractivity contribution in [2.24, 2.45) is 0 Å². The number of esters is 3. The third kappa shape index (κ3) is 20.3. The van der Waals surface area contributed by atoms with Crippen LogP contribution in [0, 0.1) is 0 Å². The molecule has 0 aliphatic carbocycles. The Morgan fingerprint density at radius 2 is 0.870 bits per heavy atom. The van der Waals surface area contributed by atoms with E-state index in [1.54, 1.807) is 84.9 Å². The number of para-hydroxylation sites is 3. The molecule has 0 radical (unpaired) electrons. The molecule has 0 unspecified atom stereocenters. The van der Waals surface area contributed by atoms with Crippen molar-refractivity contribution in [3.05, 3.63) is 141 Å². The molecule has 0 aromatic heterocycles. The second-order valence-corrected chi connectivity index (χ2v) is 8.15. The first kappa shape index (κ1) is 39.4. The highest BCUT2D eigenvalue weighted by molar-refractivity contribution is 5.94. The van der Waals surface area contributed by atoms with Crippen molar-refractivity contribution in [1.82, 2.24) is 0 Å². The molecule has 3 rings (SSSR count). The van der Waals surface area contributed by atoms with Gasteiger partial charge in [-0.1, -0.05) is 80.9 Å². The van der Waals surface area contributed by atoms with E-state index in [1.165, 1.54) is 13.8 Å². The summed E-state index contributed by atoms with van der Waals surface area (Å²) < 4.78 is 22.7.